The van der Waals surface area contributed by atoms with E-state index in [0.29, 0.717) is 6.42 Å². The molecule has 0 saturated carbocycles. The molecule has 0 aliphatic carbocycles. The molecule has 0 radical (unpaired) electrons. The molecule has 0 bridgehead atoms. The summed E-state index contributed by atoms with van der Waals surface area (Å²) in [6.07, 6.45) is 29.9. The Bertz CT molecular complexity index is 627. The van der Waals surface area contributed by atoms with Gasteiger partial charge in [-0.05, 0) is 19.3 Å². The van der Waals surface area contributed by atoms with E-state index in [1.165, 1.54) is 109 Å². The summed E-state index contributed by atoms with van der Waals surface area (Å²) >= 11 is 0. The predicted molar refractivity (Wildman–Crippen MR) is 155 cm³/mol. The number of rotatable bonds is 24. The Hall–Kier alpha value is -0.680. The first-order valence-corrected chi connectivity index (χ1v) is 17.1. The number of hydrogen-bond acceptors (Lipinski definition) is 4. The van der Waals surface area contributed by atoms with Crippen LogP contribution in [0, 0.1) is 0 Å². The first-order chi connectivity index (χ1) is 18.0. The third-order valence-electron chi connectivity index (χ3n) is 7.22. The van der Waals surface area contributed by atoms with Gasteiger partial charge in [-0.25, -0.2) is 4.57 Å². The molecule has 0 aromatic heterocycles. The first-order valence-electron chi connectivity index (χ1n) is 15.6. The molecule has 1 aliphatic rings. The Kier molecular flexibility index (Phi) is 21.6. The van der Waals surface area contributed by atoms with E-state index in [4.69, 9.17) is 9.05 Å². The molecular formula is C30H58NO5P. The SMILES string of the molecule is CCCCCCCCCCCCC/C=C/[C@H]1OP(=O)(O)OC[C@@H]1NC(=O)CCCCCCCCCCC. The maximum Gasteiger partial charge on any atom is 0.472 e. The third kappa shape index (κ3) is 20.0. The molecule has 3 atom stereocenters. The van der Waals surface area contributed by atoms with E-state index < -0.39 is 20.0 Å². The second-order valence-electron chi connectivity index (χ2n) is 10.8. The Labute approximate surface area is 228 Å². The zero-order valence-corrected chi connectivity index (χ0v) is 25.0. The lowest BCUT2D eigenvalue weighted by Gasteiger charge is -2.32. The maximum absolute atomic E-state index is 12.4. The van der Waals surface area contributed by atoms with Gasteiger partial charge < -0.3 is 10.2 Å². The average molecular weight is 544 g/mol. The van der Waals surface area contributed by atoms with E-state index in [1.807, 2.05) is 12.2 Å². The number of amides is 1. The van der Waals surface area contributed by atoms with E-state index in [2.05, 4.69) is 19.2 Å². The molecule has 6 nitrogen and oxygen atoms in total. The summed E-state index contributed by atoms with van der Waals surface area (Å²) in [5.41, 5.74) is 0. The van der Waals surface area contributed by atoms with Crippen molar-refractivity contribution in [3.05, 3.63) is 12.2 Å². The van der Waals surface area contributed by atoms with Gasteiger partial charge in [0.2, 0.25) is 5.91 Å². The van der Waals surface area contributed by atoms with Gasteiger partial charge in [0, 0.05) is 6.42 Å². The quantitative estimate of drug-likeness (QED) is 0.0720. The minimum absolute atomic E-state index is 0.00920. The maximum atomic E-state index is 12.4. The van der Waals surface area contributed by atoms with Crippen molar-refractivity contribution >= 4 is 13.7 Å². The molecule has 1 fully saturated rings. The van der Waals surface area contributed by atoms with Crippen LogP contribution in [0.4, 0.5) is 0 Å². The lowest BCUT2D eigenvalue weighted by atomic mass is 10.0. The molecule has 0 spiro atoms. The summed E-state index contributed by atoms with van der Waals surface area (Å²) in [5, 5.41) is 2.96. The molecule has 1 unspecified atom stereocenters. The number of nitrogens with one attached hydrogen (secondary N) is 1. The minimum atomic E-state index is -4.06. The van der Waals surface area contributed by atoms with Crippen molar-refractivity contribution in [2.24, 2.45) is 0 Å². The van der Waals surface area contributed by atoms with Crippen molar-refractivity contribution in [1.82, 2.24) is 5.32 Å². The molecule has 2 N–H and O–H groups in total. The molecule has 1 heterocycles. The van der Waals surface area contributed by atoms with Crippen LogP contribution >= 0.6 is 7.82 Å². The number of allylic oxidation sites excluding steroid dienone is 1. The van der Waals surface area contributed by atoms with Crippen molar-refractivity contribution in [2.75, 3.05) is 6.61 Å². The monoisotopic (exact) mass is 543 g/mol. The van der Waals surface area contributed by atoms with E-state index in [-0.39, 0.29) is 12.5 Å². The van der Waals surface area contributed by atoms with E-state index in [0.717, 1.165) is 25.7 Å². The summed E-state index contributed by atoms with van der Waals surface area (Å²) in [7, 11) is -4.06. The zero-order chi connectivity index (χ0) is 27.0. The zero-order valence-electron chi connectivity index (χ0n) is 24.1. The lowest BCUT2D eigenvalue weighted by Crippen LogP contribution is -2.48. The summed E-state index contributed by atoms with van der Waals surface area (Å²) < 4.78 is 22.2. The topological polar surface area (TPSA) is 84.9 Å². The number of carbonyl (C=O) groups is 1. The van der Waals surface area contributed by atoms with Gasteiger partial charge in [-0.2, -0.15) is 0 Å². The molecular weight excluding hydrogens is 485 g/mol. The molecule has 0 aromatic rings. The number of carbonyl (C=O) groups excluding carboxylic acids is 1. The van der Waals surface area contributed by atoms with Crippen LogP contribution in [0.2, 0.25) is 0 Å². The highest BCUT2D eigenvalue weighted by atomic mass is 31.2. The minimum Gasteiger partial charge on any atom is -0.348 e. The first kappa shape index (κ1) is 34.3. The fraction of sp³-hybridized carbons (Fsp3) is 0.900. The van der Waals surface area contributed by atoms with Crippen molar-refractivity contribution in [3.8, 4) is 0 Å². The average Bonchev–Trinajstić information content (AvgIpc) is 2.87. The van der Waals surface area contributed by atoms with Crippen molar-refractivity contribution in [2.45, 2.75) is 167 Å². The van der Waals surface area contributed by atoms with Gasteiger partial charge in [-0.1, -0.05) is 142 Å². The van der Waals surface area contributed by atoms with Gasteiger partial charge in [-0.3, -0.25) is 13.8 Å². The van der Waals surface area contributed by atoms with E-state index in [9.17, 15) is 14.3 Å². The van der Waals surface area contributed by atoms with Gasteiger partial charge in [0.1, 0.15) is 6.10 Å². The summed E-state index contributed by atoms with van der Waals surface area (Å²) in [6, 6.07) is -0.436. The van der Waals surface area contributed by atoms with Crippen LogP contribution in [0.5, 0.6) is 0 Å². The van der Waals surface area contributed by atoms with Gasteiger partial charge in [0.15, 0.2) is 0 Å². The lowest BCUT2D eigenvalue weighted by molar-refractivity contribution is -0.123. The van der Waals surface area contributed by atoms with Crippen LogP contribution in [-0.2, 0) is 18.4 Å². The molecule has 1 aliphatic heterocycles. The molecule has 1 amide bonds. The largest absolute Gasteiger partial charge is 0.472 e. The highest BCUT2D eigenvalue weighted by Crippen LogP contribution is 2.48. The fourth-order valence-corrected chi connectivity index (χ4v) is 5.79. The summed E-state index contributed by atoms with van der Waals surface area (Å²) in [5.74, 6) is -0.0430. The Balaban J connectivity index is 2.18. The molecule has 1 rings (SSSR count). The van der Waals surface area contributed by atoms with Gasteiger partial charge in [0.25, 0.3) is 0 Å². The highest BCUT2D eigenvalue weighted by Gasteiger charge is 2.37. The number of phosphoric acid groups is 1. The number of phosphoric ester groups is 1. The third-order valence-corrected chi connectivity index (χ3v) is 8.21. The molecule has 1 saturated heterocycles. The van der Waals surface area contributed by atoms with Crippen LogP contribution in [0.3, 0.4) is 0 Å². The molecule has 7 heteroatoms. The van der Waals surface area contributed by atoms with Gasteiger partial charge in [0.05, 0.1) is 12.6 Å². The molecule has 37 heavy (non-hydrogen) atoms. The van der Waals surface area contributed by atoms with Crippen molar-refractivity contribution in [1.29, 1.82) is 0 Å². The Morgan fingerprint density at radius 1 is 0.784 bits per heavy atom. The van der Waals surface area contributed by atoms with Crippen LogP contribution in [0.1, 0.15) is 155 Å². The van der Waals surface area contributed by atoms with Crippen molar-refractivity contribution in [3.63, 3.8) is 0 Å². The normalized spacial score (nSPS) is 22.0. The molecule has 0 aromatic carbocycles. The second kappa shape index (κ2) is 23.2. The van der Waals surface area contributed by atoms with Gasteiger partial charge in [-0.15, -0.1) is 0 Å². The Morgan fingerprint density at radius 2 is 1.24 bits per heavy atom. The highest BCUT2D eigenvalue weighted by molar-refractivity contribution is 7.47. The number of unbranched alkanes of at least 4 members (excludes halogenated alkanes) is 19. The van der Waals surface area contributed by atoms with Crippen LogP contribution in [-0.4, -0.2) is 29.6 Å². The van der Waals surface area contributed by atoms with Crippen molar-refractivity contribution < 1.29 is 23.3 Å². The Morgan fingerprint density at radius 3 is 1.76 bits per heavy atom. The fourth-order valence-electron chi connectivity index (χ4n) is 4.85. The predicted octanol–water partition coefficient (Wildman–Crippen LogP) is 9.17. The second-order valence-corrected chi connectivity index (χ2v) is 12.2. The smallest absolute Gasteiger partial charge is 0.348 e. The van der Waals surface area contributed by atoms with E-state index >= 15 is 0 Å². The van der Waals surface area contributed by atoms with E-state index in [1.54, 1.807) is 0 Å². The number of hydrogen-bond donors (Lipinski definition) is 2. The molecule has 218 valence electrons. The standard InChI is InChI=1S/C30H58NO5P/c1-3-5-7-9-11-13-14-15-16-18-19-21-23-25-29-28(27-35-37(33,34)36-29)31-30(32)26-24-22-20-17-12-10-8-6-4-2/h23,25,28-29H,3-22,24,26-27H2,1-2H3,(H,31,32)(H,33,34)/b25-23+/t28-,29+/m0/s1. The van der Waals surface area contributed by atoms with Gasteiger partial charge >= 0.3 is 7.82 Å². The summed E-state index contributed by atoms with van der Waals surface area (Å²) in [6.45, 7) is 4.48. The van der Waals surface area contributed by atoms with Crippen LogP contribution in [0.15, 0.2) is 12.2 Å². The summed E-state index contributed by atoms with van der Waals surface area (Å²) in [4.78, 5) is 22.2. The van der Waals surface area contributed by atoms with Crippen LogP contribution < -0.4 is 5.32 Å². The van der Waals surface area contributed by atoms with Crippen LogP contribution in [0.25, 0.3) is 0 Å².